The van der Waals surface area contributed by atoms with Gasteiger partial charge in [-0.3, -0.25) is 9.59 Å². The zero-order valence-electron chi connectivity index (χ0n) is 32.0. The summed E-state index contributed by atoms with van der Waals surface area (Å²) in [5.41, 5.74) is 3.80. The van der Waals surface area contributed by atoms with Gasteiger partial charge >= 0.3 is 0 Å². The van der Waals surface area contributed by atoms with Crippen molar-refractivity contribution in [1.29, 1.82) is 0 Å². The molecule has 6 rings (SSSR count). The quantitative estimate of drug-likeness (QED) is 0.0729. The first-order valence-corrected chi connectivity index (χ1v) is 20.1. The van der Waals surface area contributed by atoms with Gasteiger partial charge < -0.3 is 14.5 Å². The zero-order valence-corrected chi connectivity index (χ0v) is 32.9. The molecular formula is C44H52N6O3S. The van der Waals surface area contributed by atoms with Crippen LogP contribution in [0.15, 0.2) is 91.5 Å². The lowest BCUT2D eigenvalue weighted by Gasteiger charge is -2.36. The molecule has 0 saturated carbocycles. The van der Waals surface area contributed by atoms with Gasteiger partial charge in [0.15, 0.2) is 11.6 Å². The molecular weight excluding hydrogens is 693 g/mol. The predicted octanol–water partition coefficient (Wildman–Crippen LogP) is 9.09. The van der Waals surface area contributed by atoms with Gasteiger partial charge in [-0.2, -0.15) is 0 Å². The largest absolute Gasteiger partial charge is 0.494 e. The number of rotatable bonds is 16. The number of hydrogen-bond acceptors (Lipinski definition) is 9. The zero-order chi connectivity index (χ0) is 37.9. The molecule has 0 bridgehead atoms. The monoisotopic (exact) mass is 744 g/mol. The second-order valence-electron chi connectivity index (χ2n) is 15.1. The maximum Gasteiger partial charge on any atom is 0.226 e. The number of aromatic nitrogens is 4. The van der Waals surface area contributed by atoms with Crippen LogP contribution in [0.3, 0.4) is 0 Å². The number of piperazine rings is 1. The lowest BCUT2D eigenvalue weighted by Crippen LogP contribution is -2.51. The number of hydrogen-bond donors (Lipinski definition) is 0. The number of nitrogens with zero attached hydrogens (tertiary/aromatic N) is 6. The number of Topliss-reactive ketones (excluding diaryl/α,β-unsaturated/α-hetero) is 1. The topological polar surface area (TPSA) is 101 Å². The van der Waals surface area contributed by atoms with E-state index in [2.05, 4.69) is 52.5 Å². The Kier molecular flexibility index (Phi) is 13.2. The SMILES string of the molecule is CCCCCCCOc1ccc(-c2cnc(-c3ccc(C[C@H](CC(=O)c4ccc(C(C)(C)C)s4)C(=O)N4CCN(c5ncccn5)CC4)cc3)nc2)cc1. The molecule has 54 heavy (non-hydrogen) atoms. The lowest BCUT2D eigenvalue weighted by molar-refractivity contribution is -0.135. The minimum atomic E-state index is -0.485. The van der Waals surface area contributed by atoms with Gasteiger partial charge in [0.1, 0.15) is 5.75 Å². The third-order valence-corrected chi connectivity index (χ3v) is 11.4. The number of thiophene rings is 1. The fraction of sp³-hybridized carbons (Fsp3) is 0.409. The van der Waals surface area contributed by atoms with Gasteiger partial charge in [0, 0.05) is 79.3 Å². The van der Waals surface area contributed by atoms with Crippen LogP contribution in [-0.4, -0.2) is 69.3 Å². The van der Waals surface area contributed by atoms with Crippen LogP contribution in [0, 0.1) is 5.92 Å². The first-order valence-electron chi connectivity index (χ1n) is 19.3. The number of amides is 1. The van der Waals surface area contributed by atoms with E-state index in [0.29, 0.717) is 49.2 Å². The van der Waals surface area contributed by atoms with E-state index in [1.807, 2.05) is 78.0 Å². The van der Waals surface area contributed by atoms with Crippen molar-refractivity contribution >= 4 is 29.0 Å². The Morgan fingerprint density at radius 3 is 2.09 bits per heavy atom. The Morgan fingerprint density at radius 1 is 0.778 bits per heavy atom. The van der Waals surface area contributed by atoms with Crippen molar-refractivity contribution in [3.8, 4) is 28.3 Å². The van der Waals surface area contributed by atoms with Gasteiger partial charge in [0.05, 0.1) is 11.5 Å². The third-order valence-electron chi connectivity index (χ3n) is 9.88. The highest BCUT2D eigenvalue weighted by molar-refractivity contribution is 7.14. The molecule has 4 heterocycles. The Hall–Kier alpha value is -4.96. The summed E-state index contributed by atoms with van der Waals surface area (Å²) in [6, 6.07) is 21.9. The van der Waals surface area contributed by atoms with Gasteiger partial charge in [-0.25, -0.2) is 19.9 Å². The Balaban J connectivity index is 1.10. The highest BCUT2D eigenvalue weighted by atomic mass is 32.1. The summed E-state index contributed by atoms with van der Waals surface area (Å²) in [6.45, 7) is 11.8. The number of carbonyl (C=O) groups is 2. The summed E-state index contributed by atoms with van der Waals surface area (Å²) in [5, 5.41) is 0. The van der Waals surface area contributed by atoms with Crippen LogP contribution in [0.5, 0.6) is 5.75 Å². The van der Waals surface area contributed by atoms with E-state index in [4.69, 9.17) is 4.74 Å². The van der Waals surface area contributed by atoms with Gasteiger partial charge in [0.25, 0.3) is 0 Å². The molecule has 282 valence electrons. The summed E-state index contributed by atoms with van der Waals surface area (Å²) in [4.78, 5) is 51.7. The summed E-state index contributed by atoms with van der Waals surface area (Å²) >= 11 is 1.53. The number of benzene rings is 2. The Bertz CT molecular complexity index is 1930. The van der Waals surface area contributed by atoms with Crippen LogP contribution < -0.4 is 9.64 Å². The van der Waals surface area contributed by atoms with Crippen molar-refractivity contribution in [1.82, 2.24) is 24.8 Å². The number of ether oxygens (including phenoxy) is 1. The van der Waals surface area contributed by atoms with E-state index in [1.165, 1.54) is 37.0 Å². The maximum absolute atomic E-state index is 14.1. The molecule has 0 aliphatic carbocycles. The van der Waals surface area contributed by atoms with E-state index in [-0.39, 0.29) is 23.5 Å². The molecule has 0 spiro atoms. The summed E-state index contributed by atoms with van der Waals surface area (Å²) in [7, 11) is 0. The standard InChI is InChI=1S/C44H52N6O3S/c1-5-6-7-8-9-27-53-37-17-15-33(16-18-37)36-30-47-41(48-31-36)34-13-11-32(12-14-34)28-35(29-38(51)39-19-20-40(54-39)44(2,3)4)42(52)49-23-25-50(26-24-49)43-45-21-10-22-46-43/h10-22,30-31,35H,5-9,23-29H2,1-4H3/t35-/m1/s1. The second kappa shape index (κ2) is 18.4. The number of unbranched alkanes of at least 4 members (excludes halogenated alkanes) is 4. The summed E-state index contributed by atoms with van der Waals surface area (Å²) < 4.78 is 5.93. The molecule has 2 aromatic carbocycles. The molecule has 5 aromatic rings. The van der Waals surface area contributed by atoms with E-state index in [0.717, 1.165) is 45.9 Å². The molecule has 1 aliphatic heterocycles. The van der Waals surface area contributed by atoms with Gasteiger partial charge in [-0.05, 0) is 59.7 Å². The van der Waals surface area contributed by atoms with Crippen molar-refractivity contribution in [2.24, 2.45) is 5.92 Å². The van der Waals surface area contributed by atoms with E-state index < -0.39 is 5.92 Å². The fourth-order valence-corrected chi connectivity index (χ4v) is 7.65. The van der Waals surface area contributed by atoms with Crippen LogP contribution >= 0.6 is 11.3 Å². The predicted molar refractivity (Wildman–Crippen MR) is 217 cm³/mol. The normalized spacial score (nSPS) is 13.9. The number of carbonyl (C=O) groups excluding carboxylic acids is 2. The van der Waals surface area contributed by atoms with Crippen molar-refractivity contribution in [2.75, 3.05) is 37.7 Å². The van der Waals surface area contributed by atoms with Gasteiger partial charge in [-0.1, -0.05) is 89.8 Å². The van der Waals surface area contributed by atoms with Crippen LogP contribution in [0.4, 0.5) is 5.95 Å². The molecule has 10 heteroatoms. The fourth-order valence-electron chi connectivity index (χ4n) is 6.64. The van der Waals surface area contributed by atoms with Crippen LogP contribution in [0.2, 0.25) is 0 Å². The van der Waals surface area contributed by atoms with Crippen LogP contribution in [-0.2, 0) is 16.6 Å². The Morgan fingerprint density at radius 2 is 1.44 bits per heavy atom. The van der Waals surface area contributed by atoms with E-state index in [9.17, 15) is 9.59 Å². The lowest BCUT2D eigenvalue weighted by atomic mass is 9.91. The first-order chi connectivity index (χ1) is 26.2. The third kappa shape index (κ3) is 10.4. The highest BCUT2D eigenvalue weighted by Gasteiger charge is 2.31. The Labute approximate surface area is 323 Å². The van der Waals surface area contributed by atoms with Crippen LogP contribution in [0.1, 0.15) is 86.3 Å². The van der Waals surface area contributed by atoms with Crippen molar-refractivity contribution in [3.05, 3.63) is 107 Å². The first kappa shape index (κ1) is 38.8. The highest BCUT2D eigenvalue weighted by Crippen LogP contribution is 2.31. The van der Waals surface area contributed by atoms with Crippen molar-refractivity contribution in [2.45, 2.75) is 78.1 Å². The minimum Gasteiger partial charge on any atom is -0.494 e. The average molecular weight is 745 g/mol. The van der Waals surface area contributed by atoms with Gasteiger partial charge in [-0.15, -0.1) is 11.3 Å². The number of anilines is 1. The van der Waals surface area contributed by atoms with Crippen LogP contribution in [0.25, 0.3) is 22.5 Å². The van der Waals surface area contributed by atoms with Crippen molar-refractivity contribution < 1.29 is 14.3 Å². The molecule has 1 atom stereocenters. The number of ketones is 1. The average Bonchev–Trinajstić information content (AvgIpc) is 3.72. The molecule has 0 radical (unpaired) electrons. The van der Waals surface area contributed by atoms with Gasteiger partial charge in [0.2, 0.25) is 11.9 Å². The van der Waals surface area contributed by atoms with E-state index >= 15 is 0 Å². The second-order valence-corrected chi connectivity index (χ2v) is 16.2. The summed E-state index contributed by atoms with van der Waals surface area (Å²) in [5.74, 6) is 1.71. The van der Waals surface area contributed by atoms with E-state index in [1.54, 1.807) is 18.5 Å². The minimum absolute atomic E-state index is 0.00887. The van der Waals surface area contributed by atoms with Crippen molar-refractivity contribution in [3.63, 3.8) is 0 Å². The maximum atomic E-state index is 14.1. The summed E-state index contributed by atoms with van der Waals surface area (Å²) in [6.07, 6.45) is 13.9. The molecule has 9 nitrogen and oxygen atoms in total. The molecule has 0 unspecified atom stereocenters. The molecule has 3 aromatic heterocycles. The molecule has 1 aliphatic rings. The smallest absolute Gasteiger partial charge is 0.226 e. The molecule has 0 N–H and O–H groups in total. The molecule has 1 fully saturated rings. The molecule has 1 amide bonds. The molecule has 1 saturated heterocycles.